The molecule has 23 heavy (non-hydrogen) atoms. The van der Waals surface area contributed by atoms with Crippen molar-refractivity contribution in [3.63, 3.8) is 0 Å². The van der Waals surface area contributed by atoms with Crippen molar-refractivity contribution in [3.05, 3.63) is 71.5 Å². The van der Waals surface area contributed by atoms with Crippen molar-refractivity contribution < 1.29 is 0 Å². The number of fused-ring (bicyclic) bond motifs is 2. The van der Waals surface area contributed by atoms with Crippen LogP contribution in [0.5, 0.6) is 0 Å². The van der Waals surface area contributed by atoms with E-state index in [0.29, 0.717) is 0 Å². The predicted octanol–water partition coefficient (Wildman–Crippen LogP) is 5.15. The molecule has 4 aromatic rings. The molecule has 0 radical (unpaired) electrons. The largest absolute Gasteiger partial charge is 0.350 e. The van der Waals surface area contributed by atoms with E-state index in [4.69, 9.17) is 0 Å². The van der Waals surface area contributed by atoms with E-state index in [1.807, 2.05) is 0 Å². The molecule has 0 atom stereocenters. The summed E-state index contributed by atoms with van der Waals surface area (Å²) < 4.78 is 4.45. The van der Waals surface area contributed by atoms with Crippen molar-refractivity contribution in [2.75, 3.05) is 0 Å². The molecule has 0 saturated heterocycles. The minimum absolute atomic E-state index is 1.26. The summed E-state index contributed by atoms with van der Waals surface area (Å²) in [5.74, 6) is 0. The molecule has 0 spiro atoms. The zero-order chi connectivity index (χ0) is 16.0. The standard InChI is InChI=1S/C21H20N2/c1-15-17(19-9-5-7-11-21(19)23(15)3)13-12-16-14-22(2)20-10-6-4-8-18(16)20/h4-14H,1-3H3. The van der Waals surface area contributed by atoms with Gasteiger partial charge >= 0.3 is 0 Å². The number of nitrogens with zero attached hydrogens (tertiary/aromatic N) is 2. The number of hydrogen-bond donors (Lipinski definition) is 0. The first-order valence-electron chi connectivity index (χ1n) is 7.93. The molecule has 4 rings (SSSR count). The third kappa shape index (κ3) is 2.10. The summed E-state index contributed by atoms with van der Waals surface area (Å²) in [4.78, 5) is 0. The zero-order valence-electron chi connectivity index (χ0n) is 13.7. The van der Waals surface area contributed by atoms with Gasteiger partial charge in [0.15, 0.2) is 0 Å². The molecule has 0 amide bonds. The van der Waals surface area contributed by atoms with Crippen molar-refractivity contribution >= 4 is 34.0 Å². The molecule has 0 aliphatic heterocycles. The molecule has 0 aliphatic carbocycles. The Morgan fingerprint density at radius 3 is 2.22 bits per heavy atom. The summed E-state index contributed by atoms with van der Waals surface area (Å²) in [5.41, 5.74) is 6.40. The summed E-state index contributed by atoms with van der Waals surface area (Å²) >= 11 is 0. The Bertz CT molecular complexity index is 1040. The smallest absolute Gasteiger partial charge is 0.0486 e. The maximum Gasteiger partial charge on any atom is 0.0486 e. The lowest BCUT2D eigenvalue weighted by Gasteiger charge is -1.97. The van der Waals surface area contributed by atoms with Gasteiger partial charge in [-0.15, -0.1) is 0 Å². The fourth-order valence-electron chi connectivity index (χ4n) is 3.44. The van der Waals surface area contributed by atoms with Crippen molar-refractivity contribution in [3.8, 4) is 0 Å². The van der Waals surface area contributed by atoms with Gasteiger partial charge in [-0.05, 0) is 24.6 Å². The number of hydrogen-bond acceptors (Lipinski definition) is 0. The second-order valence-corrected chi connectivity index (χ2v) is 6.12. The van der Waals surface area contributed by atoms with Crippen LogP contribution in [-0.4, -0.2) is 9.13 Å². The molecule has 0 aliphatic rings. The van der Waals surface area contributed by atoms with E-state index in [-0.39, 0.29) is 0 Å². The van der Waals surface area contributed by atoms with Gasteiger partial charge in [-0.1, -0.05) is 48.6 Å². The van der Waals surface area contributed by atoms with Crippen molar-refractivity contribution in [1.29, 1.82) is 0 Å². The van der Waals surface area contributed by atoms with Crippen LogP contribution in [0.3, 0.4) is 0 Å². The van der Waals surface area contributed by atoms with E-state index in [9.17, 15) is 0 Å². The van der Waals surface area contributed by atoms with Crippen LogP contribution in [0.1, 0.15) is 16.8 Å². The Labute approximate surface area is 136 Å². The van der Waals surface area contributed by atoms with Gasteiger partial charge in [0, 0.05) is 53.4 Å². The maximum absolute atomic E-state index is 2.26. The van der Waals surface area contributed by atoms with E-state index < -0.39 is 0 Å². The second-order valence-electron chi connectivity index (χ2n) is 6.12. The Kier molecular flexibility index (Phi) is 3.12. The summed E-state index contributed by atoms with van der Waals surface area (Å²) in [6.07, 6.45) is 6.68. The van der Waals surface area contributed by atoms with Gasteiger partial charge in [0.25, 0.3) is 0 Å². The maximum atomic E-state index is 2.26. The highest BCUT2D eigenvalue weighted by atomic mass is 14.9. The molecular weight excluding hydrogens is 280 g/mol. The van der Waals surface area contributed by atoms with Gasteiger partial charge in [-0.2, -0.15) is 0 Å². The van der Waals surface area contributed by atoms with E-state index >= 15 is 0 Å². The lowest BCUT2D eigenvalue weighted by atomic mass is 10.1. The molecule has 0 saturated carbocycles. The molecule has 2 aromatic carbocycles. The molecular formula is C21H20N2. The molecule has 2 heterocycles. The minimum atomic E-state index is 1.26. The van der Waals surface area contributed by atoms with Crippen LogP contribution < -0.4 is 0 Å². The number of aryl methyl sites for hydroxylation is 2. The number of benzene rings is 2. The highest BCUT2D eigenvalue weighted by Crippen LogP contribution is 2.28. The van der Waals surface area contributed by atoms with Gasteiger partial charge < -0.3 is 9.13 Å². The summed E-state index contributed by atoms with van der Waals surface area (Å²) in [7, 11) is 4.23. The number of aromatic nitrogens is 2. The molecule has 0 N–H and O–H groups in total. The third-order valence-corrected chi connectivity index (χ3v) is 4.81. The van der Waals surface area contributed by atoms with Crippen LogP contribution >= 0.6 is 0 Å². The molecule has 2 heteroatoms. The highest BCUT2D eigenvalue weighted by molar-refractivity contribution is 5.97. The first-order chi connectivity index (χ1) is 11.2. The minimum Gasteiger partial charge on any atom is -0.350 e. The van der Waals surface area contributed by atoms with Gasteiger partial charge in [0.2, 0.25) is 0 Å². The highest BCUT2D eigenvalue weighted by Gasteiger charge is 2.09. The second kappa shape index (κ2) is 5.17. The van der Waals surface area contributed by atoms with Gasteiger partial charge in [-0.25, -0.2) is 0 Å². The molecule has 2 aromatic heterocycles. The normalized spacial score (nSPS) is 12.0. The van der Waals surface area contributed by atoms with Crippen molar-refractivity contribution in [2.45, 2.75) is 6.92 Å². The number of para-hydroxylation sites is 2. The summed E-state index contributed by atoms with van der Waals surface area (Å²) in [5, 5.41) is 2.60. The molecule has 2 nitrogen and oxygen atoms in total. The topological polar surface area (TPSA) is 9.86 Å². The Balaban J connectivity index is 1.87. The Morgan fingerprint density at radius 1 is 0.783 bits per heavy atom. The van der Waals surface area contributed by atoms with Crippen LogP contribution in [0.4, 0.5) is 0 Å². The van der Waals surface area contributed by atoms with Crippen LogP contribution in [0, 0.1) is 6.92 Å². The SMILES string of the molecule is Cc1c(C=Cc2cn(C)c3ccccc23)c2ccccc2n1C. The summed E-state index contributed by atoms with van der Waals surface area (Å²) in [6, 6.07) is 17.1. The lowest BCUT2D eigenvalue weighted by Crippen LogP contribution is -1.89. The van der Waals surface area contributed by atoms with E-state index in [0.717, 1.165) is 0 Å². The predicted molar refractivity (Wildman–Crippen MR) is 99.5 cm³/mol. The fraction of sp³-hybridized carbons (Fsp3) is 0.143. The van der Waals surface area contributed by atoms with Gasteiger partial charge in [-0.3, -0.25) is 0 Å². The van der Waals surface area contributed by atoms with E-state index in [1.54, 1.807) is 0 Å². The lowest BCUT2D eigenvalue weighted by molar-refractivity contribution is 0.916. The van der Waals surface area contributed by atoms with E-state index in [1.165, 1.54) is 38.6 Å². The molecule has 0 unspecified atom stereocenters. The average Bonchev–Trinajstić information content (AvgIpc) is 3.03. The quantitative estimate of drug-likeness (QED) is 0.484. The Hall–Kier alpha value is -2.74. The van der Waals surface area contributed by atoms with Gasteiger partial charge in [0.1, 0.15) is 0 Å². The zero-order valence-corrected chi connectivity index (χ0v) is 13.7. The molecule has 0 bridgehead atoms. The Morgan fingerprint density at radius 2 is 1.43 bits per heavy atom. The fourth-order valence-corrected chi connectivity index (χ4v) is 3.44. The van der Waals surface area contributed by atoms with E-state index in [2.05, 4.69) is 97.0 Å². The number of rotatable bonds is 2. The first kappa shape index (κ1) is 13.9. The third-order valence-electron chi connectivity index (χ3n) is 4.81. The van der Waals surface area contributed by atoms with Gasteiger partial charge in [0.05, 0.1) is 0 Å². The van der Waals surface area contributed by atoms with Crippen LogP contribution in [-0.2, 0) is 14.1 Å². The van der Waals surface area contributed by atoms with Crippen LogP contribution in [0.25, 0.3) is 34.0 Å². The van der Waals surface area contributed by atoms with Crippen molar-refractivity contribution in [1.82, 2.24) is 9.13 Å². The van der Waals surface area contributed by atoms with Crippen LogP contribution in [0.15, 0.2) is 54.7 Å². The monoisotopic (exact) mass is 300 g/mol. The molecule has 114 valence electrons. The first-order valence-corrected chi connectivity index (χ1v) is 7.93. The van der Waals surface area contributed by atoms with Crippen molar-refractivity contribution in [2.24, 2.45) is 14.1 Å². The average molecular weight is 300 g/mol. The molecule has 0 fully saturated rings. The summed E-state index contributed by atoms with van der Waals surface area (Å²) in [6.45, 7) is 2.18. The van der Waals surface area contributed by atoms with Crippen LogP contribution in [0.2, 0.25) is 0 Å².